The largest absolute Gasteiger partial charge is 0.462 e. The zero-order chi connectivity index (χ0) is 96.2. The van der Waals surface area contributed by atoms with E-state index in [1.807, 2.05) is 112 Å². The molecule has 738 valence electrons. The number of nitrogens with one attached hydrogen (secondary N) is 2. The van der Waals surface area contributed by atoms with Crippen molar-refractivity contribution in [2.75, 3.05) is 26.4 Å². The number of esters is 1. The molecule has 7 aliphatic rings. The van der Waals surface area contributed by atoms with Crippen LogP contribution in [0.25, 0.3) is 0 Å². The van der Waals surface area contributed by atoms with Gasteiger partial charge in [-0.3, -0.25) is 15.0 Å². The van der Waals surface area contributed by atoms with Gasteiger partial charge in [-0.15, -0.1) is 0 Å². The van der Waals surface area contributed by atoms with Crippen molar-refractivity contribution in [3.05, 3.63) is 108 Å². The van der Waals surface area contributed by atoms with Crippen molar-refractivity contribution in [1.82, 2.24) is 5.32 Å². The number of carbonyl (C=O) groups is 2. The van der Waals surface area contributed by atoms with Crippen molar-refractivity contribution in [1.29, 1.82) is 5.41 Å². The molecule has 2 N–H and O–H groups in total. The molecule has 7 aliphatic heterocycles. The number of halogens is 3. The summed E-state index contributed by atoms with van der Waals surface area (Å²) in [6.07, 6.45) is -14.3. The molecule has 25 nitrogen and oxygen atoms in total. The van der Waals surface area contributed by atoms with E-state index in [2.05, 4.69) is 175 Å². The Morgan fingerprint density at radius 1 is 0.554 bits per heavy atom. The molecule has 0 spiro atoms. The van der Waals surface area contributed by atoms with Gasteiger partial charge in [0.25, 0.3) is 3.79 Å². The highest BCUT2D eigenvalue weighted by molar-refractivity contribution is 6.76. The van der Waals surface area contributed by atoms with Crippen LogP contribution in [0.15, 0.2) is 91.0 Å². The molecule has 0 bridgehead atoms. The van der Waals surface area contributed by atoms with Gasteiger partial charge in [-0.1, -0.05) is 270 Å². The summed E-state index contributed by atoms with van der Waals surface area (Å²) in [5.74, 6) is -4.14. The third kappa shape index (κ3) is 27.6. The van der Waals surface area contributed by atoms with Crippen LogP contribution in [0, 0.1) is 35.0 Å². The van der Waals surface area contributed by atoms with Crippen LogP contribution in [0.1, 0.15) is 221 Å². The SMILES string of the molecule is CC[C@H](C)[C@H](C[C@@H](CC(=O)N[C@@H]1C(C)C(O[C@@H]2OC(C)[C@H](O[C@@H]3OC[C@@H](OCc4ccccc4)C(O[C@@H]4OC[C@]5(COCc6ccccc6)O[C@@H](c6ccccc6)OC45)C3C)C3OC(C)(C)OC32)[C@@H](OC(=N)C(Cl)(Cl)Cl)O[C@@H]1C)O[Si](C)(C)C(C)(C)C)OC(=O)C[C@H](C[C@H](O[C@@H]1OC(CO[Si](C)(C)C(C)(C)C)C(O[Si](C)(C)C(C)(C)C)C1C)[C@@H](C)CC)O[Si](C)(C)C(C)(C)C. The lowest BCUT2D eigenvalue weighted by atomic mass is 9.88. The third-order valence-electron chi connectivity index (χ3n) is 29.7. The fourth-order valence-electron chi connectivity index (χ4n) is 16.9. The van der Waals surface area contributed by atoms with Crippen LogP contribution in [-0.4, -0.2) is 222 Å². The smallest absolute Gasteiger partial charge is 0.308 e. The summed E-state index contributed by atoms with van der Waals surface area (Å²) in [7, 11) is -9.77. The number of benzene rings is 3. The molecule has 1 amide bonds. The van der Waals surface area contributed by atoms with Gasteiger partial charge in [0.05, 0.1) is 101 Å². The summed E-state index contributed by atoms with van der Waals surface area (Å²) < 4.78 is 143. The number of rotatable bonds is 40. The van der Waals surface area contributed by atoms with Crippen molar-refractivity contribution in [2.45, 2.75) is 434 Å². The lowest BCUT2D eigenvalue weighted by molar-refractivity contribution is -0.353. The number of hydrogen-bond donors (Lipinski definition) is 2. The van der Waals surface area contributed by atoms with E-state index in [-0.39, 0.29) is 108 Å². The minimum absolute atomic E-state index is 0.00837. The van der Waals surface area contributed by atoms with E-state index < -0.39 is 189 Å². The Morgan fingerprint density at radius 3 is 1.64 bits per heavy atom. The first-order valence-corrected chi connectivity index (χ1v) is 60.3. The van der Waals surface area contributed by atoms with Crippen molar-refractivity contribution in [2.24, 2.45) is 29.6 Å². The second-order valence-corrected chi connectivity index (χ2v) is 65.7. The quantitative estimate of drug-likeness (QED) is 0.0176. The standard InChI is InChI=1S/C98H161Cl3N2O23Si4/c1-32-59(3)71(113-76(105)52-70(125-129(28,29)94(16,17)18)50-72(60(4)33-2)114-86-63(7)79(126-130(30,31)95(19,20)21)74(115-86)56-110-127(24,25)92(10,11)12)49-69(124-128(26,27)93(13,14)15)51-75(104)103-77-61(5)80(88(111-64(77)8)120-91(102)98(99,100)101)117-89-83-82(121-96(22,23)122-83)81(65(9)112-89)118-85-62(6)78(73(55-108-85)107-54-67-45-39-35-40-46-67)116-90-84-97(58-109-90,57-106-53-66-43-37-34-38-44-66)123-87(119-84)68-47-41-36-42-48-68/h34-48,59-65,69-74,77-90,102H,32-33,49-58H2,1-31H3,(H,103,104)/t59-,60-,61?,62?,63?,64+,65?,69-,70-,71-,72-,73+,74?,77+,78?,79?,80?,81-,82?,83?,84?,85-,86+,87-,88+,89-,90-,97-/m0/s1. The van der Waals surface area contributed by atoms with Crippen LogP contribution < -0.4 is 5.32 Å². The number of alkyl halides is 3. The van der Waals surface area contributed by atoms with E-state index in [4.69, 9.17) is 138 Å². The van der Waals surface area contributed by atoms with Gasteiger partial charge < -0.3 is 104 Å². The molecule has 7 fully saturated rings. The van der Waals surface area contributed by atoms with Crippen LogP contribution in [0.3, 0.4) is 0 Å². The summed E-state index contributed by atoms with van der Waals surface area (Å²) in [5.41, 5.74) is 1.78. The molecule has 11 unspecified atom stereocenters. The summed E-state index contributed by atoms with van der Waals surface area (Å²) in [6, 6.07) is 28.9. The first-order chi connectivity index (χ1) is 60.3. The van der Waals surface area contributed by atoms with Crippen molar-refractivity contribution >= 4 is 85.8 Å². The molecule has 3 aromatic carbocycles. The molecule has 28 atom stereocenters. The van der Waals surface area contributed by atoms with E-state index >= 15 is 9.59 Å². The van der Waals surface area contributed by atoms with Gasteiger partial charge in [0.15, 0.2) is 70.5 Å². The van der Waals surface area contributed by atoms with E-state index in [0.29, 0.717) is 26.1 Å². The van der Waals surface area contributed by atoms with Gasteiger partial charge in [-0.25, -0.2) is 0 Å². The molecule has 7 saturated heterocycles. The van der Waals surface area contributed by atoms with Gasteiger partial charge in [-0.2, -0.15) is 0 Å². The van der Waals surface area contributed by atoms with Crippen molar-refractivity contribution in [3.8, 4) is 0 Å². The monoisotopic (exact) mass is 1950 g/mol. The number of carbonyl (C=O) groups excluding carboxylic acids is 2. The minimum Gasteiger partial charge on any atom is -0.462 e. The van der Waals surface area contributed by atoms with Gasteiger partial charge >= 0.3 is 5.97 Å². The molecule has 0 aliphatic carbocycles. The Hall–Kier alpha value is -2.95. The van der Waals surface area contributed by atoms with Crippen LogP contribution in [0.2, 0.25) is 72.5 Å². The van der Waals surface area contributed by atoms with E-state index in [1.54, 1.807) is 20.8 Å². The maximum atomic E-state index is 15.4. The number of ether oxygens (including phenoxy) is 17. The summed E-state index contributed by atoms with van der Waals surface area (Å²) >= 11 is 19.1. The van der Waals surface area contributed by atoms with Gasteiger partial charge in [0, 0.05) is 29.7 Å². The molecule has 0 radical (unpaired) electrons. The highest BCUT2D eigenvalue weighted by Crippen LogP contribution is 2.51. The van der Waals surface area contributed by atoms with Crippen molar-refractivity contribution < 1.29 is 108 Å². The second-order valence-electron chi connectivity index (χ2n) is 44.4. The minimum atomic E-state index is -2.68. The number of fused-ring (bicyclic) bond motifs is 2. The van der Waals surface area contributed by atoms with E-state index in [0.717, 1.165) is 23.1 Å². The maximum absolute atomic E-state index is 15.4. The predicted octanol–water partition coefficient (Wildman–Crippen LogP) is 21.1. The van der Waals surface area contributed by atoms with Crippen LogP contribution in [0.4, 0.5) is 0 Å². The topological polar surface area (TPSA) is 264 Å². The Bertz CT molecular complexity index is 4060. The van der Waals surface area contributed by atoms with Crippen molar-refractivity contribution in [3.63, 3.8) is 0 Å². The van der Waals surface area contributed by atoms with Gasteiger partial charge in [0.2, 0.25) is 18.1 Å². The number of amides is 1. The Kier molecular flexibility index (Phi) is 37.1. The molecule has 10 rings (SSSR count). The lowest BCUT2D eigenvalue weighted by Gasteiger charge is -2.49. The average molecular weight is 1950 g/mol. The molecule has 130 heavy (non-hydrogen) atoms. The zero-order valence-electron chi connectivity index (χ0n) is 83.8. The van der Waals surface area contributed by atoms with Crippen LogP contribution in [-0.2, 0) is 121 Å². The lowest BCUT2D eigenvalue weighted by Crippen LogP contribution is -2.64. The first-order valence-electron chi connectivity index (χ1n) is 47.6. The predicted molar refractivity (Wildman–Crippen MR) is 514 cm³/mol. The highest BCUT2D eigenvalue weighted by Gasteiger charge is 2.64. The maximum Gasteiger partial charge on any atom is 0.308 e. The third-order valence-corrected chi connectivity index (χ3v) is 48.2. The van der Waals surface area contributed by atoms with Crippen LogP contribution in [0.5, 0.6) is 0 Å². The fourth-order valence-corrected chi connectivity index (χ4v) is 22.2. The molecule has 3 aromatic rings. The molecule has 7 heterocycles. The van der Waals surface area contributed by atoms with Gasteiger partial charge in [-0.05, 0) is 130 Å². The van der Waals surface area contributed by atoms with Gasteiger partial charge in [0.1, 0.15) is 54.4 Å². The molecular formula is C98H161Cl3N2O23Si4. The normalized spacial score (nSPS) is 32.1. The molecule has 32 heteroatoms. The molecule has 0 aromatic heterocycles. The van der Waals surface area contributed by atoms with Crippen LogP contribution >= 0.6 is 34.8 Å². The molecule has 0 saturated carbocycles. The second kappa shape index (κ2) is 44.3. The first kappa shape index (κ1) is 109. The average Bonchev–Trinajstić information content (AvgIpc) is 1.56. The Balaban J connectivity index is 0.865. The zero-order valence-corrected chi connectivity index (χ0v) is 90.0. The summed E-state index contributed by atoms with van der Waals surface area (Å²) in [6.45, 7) is 67.7. The fraction of sp³-hybridized carbons (Fsp3) is 0.786. The Morgan fingerprint density at radius 2 is 1.07 bits per heavy atom. The molecular weight excluding hydrogens is 1790 g/mol. The summed E-state index contributed by atoms with van der Waals surface area (Å²) in [4.78, 5) is 30.8. The van der Waals surface area contributed by atoms with E-state index in [1.165, 1.54) is 0 Å². The summed E-state index contributed by atoms with van der Waals surface area (Å²) in [5, 5.41) is 11.7. The Labute approximate surface area is 797 Å². The highest BCUT2D eigenvalue weighted by atomic mass is 35.6. The van der Waals surface area contributed by atoms with E-state index in [9.17, 15) is 0 Å². The number of hydrogen-bond acceptors (Lipinski definition) is 24.